The summed E-state index contributed by atoms with van der Waals surface area (Å²) in [6.07, 6.45) is 18.1. The van der Waals surface area contributed by atoms with Crippen LogP contribution in [0.25, 0.3) is 54.1 Å². The van der Waals surface area contributed by atoms with Crippen molar-refractivity contribution >= 4 is 54.5 Å². The topological polar surface area (TPSA) is 12.5 Å². The lowest BCUT2D eigenvalue weighted by Crippen LogP contribution is -2.31. The standard InChI is InChI=1S/C56H39NOS/c1-3-12-36(13-4-1)41-27-31-49-52(35-41)58-55-46(38-14-5-2-6-15-38)32-33-50(54(49)55)57(51-20-11-19-48-47-18-9-10-21-53(47)59-56(48)51)43-28-24-37(25-29-43)40-26-30-45-42(34-40)23-22-39-16-7-8-17-44(39)45/h1-35,39,44,54-55H. The molecule has 0 saturated carbocycles. The van der Waals surface area contributed by atoms with Crippen molar-refractivity contribution < 1.29 is 4.74 Å². The molecule has 2 heterocycles. The minimum atomic E-state index is -0.195. The smallest absolute Gasteiger partial charge is 0.137 e. The predicted octanol–water partition coefficient (Wildman–Crippen LogP) is 14.9. The van der Waals surface area contributed by atoms with Gasteiger partial charge >= 0.3 is 0 Å². The largest absolute Gasteiger partial charge is 0.484 e. The highest BCUT2D eigenvalue weighted by Crippen LogP contribution is 2.54. The Bertz CT molecular complexity index is 3090. The first-order chi connectivity index (χ1) is 29.2. The van der Waals surface area contributed by atoms with Crippen LogP contribution in [-0.2, 0) is 0 Å². The number of allylic oxidation sites excluding steroid dienone is 7. The van der Waals surface area contributed by atoms with E-state index in [-0.39, 0.29) is 12.0 Å². The summed E-state index contributed by atoms with van der Waals surface area (Å²) in [5.41, 5.74) is 14.6. The average molecular weight is 774 g/mol. The fourth-order valence-corrected chi connectivity index (χ4v) is 11.0. The van der Waals surface area contributed by atoms with Crippen molar-refractivity contribution in [2.75, 3.05) is 4.90 Å². The second-order valence-corrected chi connectivity index (χ2v) is 17.0. The molecule has 8 aromatic rings. The summed E-state index contributed by atoms with van der Waals surface area (Å²) in [6.45, 7) is 0. The third-order valence-electron chi connectivity index (χ3n) is 12.6. The van der Waals surface area contributed by atoms with E-state index in [4.69, 9.17) is 4.74 Å². The first kappa shape index (κ1) is 34.1. The number of hydrogen-bond donors (Lipinski definition) is 0. The molecule has 4 unspecified atom stereocenters. The van der Waals surface area contributed by atoms with Gasteiger partial charge < -0.3 is 9.64 Å². The molecule has 1 aliphatic heterocycles. The minimum absolute atomic E-state index is 0.0423. The second kappa shape index (κ2) is 13.9. The molecule has 3 aliphatic carbocycles. The first-order valence-electron chi connectivity index (χ1n) is 20.6. The molecule has 7 aromatic carbocycles. The van der Waals surface area contributed by atoms with Crippen molar-refractivity contribution in [3.8, 4) is 28.0 Å². The lowest BCUT2D eigenvalue weighted by atomic mass is 9.76. The van der Waals surface area contributed by atoms with Crippen LogP contribution < -0.4 is 9.64 Å². The van der Waals surface area contributed by atoms with Gasteiger partial charge in [-0.25, -0.2) is 0 Å². The summed E-state index contributed by atoms with van der Waals surface area (Å²) in [5.74, 6) is 1.74. The Morgan fingerprint density at radius 1 is 0.525 bits per heavy atom. The van der Waals surface area contributed by atoms with E-state index in [2.05, 4.69) is 217 Å². The molecule has 280 valence electrons. The SMILES string of the molecule is C1=CC2C=Cc3cc(-c4ccc(N(C5=CC=C(c6ccccc6)C6Oc7cc(-c8ccccc8)ccc7C56)c5cccc6c5sc5ccccc56)cc4)ccc3C2C=C1. The maximum absolute atomic E-state index is 7.14. The Labute approximate surface area is 348 Å². The van der Waals surface area contributed by atoms with Gasteiger partial charge in [0.15, 0.2) is 0 Å². The Morgan fingerprint density at radius 2 is 1.22 bits per heavy atom. The highest BCUT2D eigenvalue weighted by Gasteiger charge is 2.44. The fraction of sp³-hybridized carbons (Fsp3) is 0.0714. The molecule has 0 N–H and O–H groups in total. The fourth-order valence-electron chi connectivity index (χ4n) is 9.78. The van der Waals surface area contributed by atoms with Crippen LogP contribution in [-0.4, -0.2) is 6.10 Å². The second-order valence-electron chi connectivity index (χ2n) is 15.9. The highest BCUT2D eigenvalue weighted by molar-refractivity contribution is 7.26. The Hall–Kier alpha value is -6.94. The molecule has 4 atom stereocenters. The zero-order chi connectivity index (χ0) is 38.9. The van der Waals surface area contributed by atoms with E-state index in [0.29, 0.717) is 11.8 Å². The molecule has 0 saturated heterocycles. The molecule has 12 rings (SSSR count). The van der Waals surface area contributed by atoms with Crippen molar-refractivity contribution in [3.63, 3.8) is 0 Å². The average Bonchev–Trinajstić information content (AvgIpc) is 3.89. The third-order valence-corrected chi connectivity index (χ3v) is 13.9. The number of thiophene rings is 1. The quantitative estimate of drug-likeness (QED) is 0.167. The first-order valence-corrected chi connectivity index (χ1v) is 21.4. The molecule has 4 aliphatic rings. The van der Waals surface area contributed by atoms with Crippen molar-refractivity contribution in [2.45, 2.75) is 17.9 Å². The van der Waals surface area contributed by atoms with Crippen LogP contribution in [0.1, 0.15) is 34.1 Å². The molecule has 0 bridgehead atoms. The Kier molecular flexibility index (Phi) is 8.02. The Balaban J connectivity index is 1.02. The zero-order valence-corrected chi connectivity index (χ0v) is 33.1. The van der Waals surface area contributed by atoms with Crippen LogP contribution in [0.15, 0.2) is 212 Å². The zero-order valence-electron chi connectivity index (χ0n) is 32.3. The van der Waals surface area contributed by atoms with Gasteiger partial charge in [0.2, 0.25) is 0 Å². The molecule has 3 heteroatoms. The van der Waals surface area contributed by atoms with E-state index in [1.54, 1.807) is 0 Å². The van der Waals surface area contributed by atoms with Gasteiger partial charge in [0.05, 0.1) is 16.3 Å². The lowest BCUT2D eigenvalue weighted by molar-refractivity contribution is 0.274. The van der Waals surface area contributed by atoms with Crippen LogP contribution in [0.2, 0.25) is 0 Å². The predicted molar refractivity (Wildman–Crippen MR) is 248 cm³/mol. The van der Waals surface area contributed by atoms with Gasteiger partial charge in [0.1, 0.15) is 11.9 Å². The summed E-state index contributed by atoms with van der Waals surface area (Å²) < 4.78 is 9.71. The maximum Gasteiger partial charge on any atom is 0.137 e. The molecule has 0 fully saturated rings. The van der Waals surface area contributed by atoms with Gasteiger partial charge in [-0.2, -0.15) is 0 Å². The number of hydrogen-bond acceptors (Lipinski definition) is 3. The van der Waals surface area contributed by atoms with E-state index >= 15 is 0 Å². The van der Waals surface area contributed by atoms with E-state index < -0.39 is 0 Å². The van der Waals surface area contributed by atoms with Gasteiger partial charge in [-0.15, -0.1) is 11.3 Å². The molecule has 1 aromatic heterocycles. The molecule has 59 heavy (non-hydrogen) atoms. The molecule has 0 amide bonds. The summed E-state index contributed by atoms with van der Waals surface area (Å²) in [4.78, 5) is 2.51. The minimum Gasteiger partial charge on any atom is -0.484 e. The van der Waals surface area contributed by atoms with Crippen molar-refractivity contribution in [3.05, 3.63) is 234 Å². The van der Waals surface area contributed by atoms with Gasteiger partial charge in [-0.3, -0.25) is 0 Å². The van der Waals surface area contributed by atoms with Gasteiger partial charge in [0, 0.05) is 49.8 Å². The van der Waals surface area contributed by atoms with Crippen molar-refractivity contribution in [1.29, 1.82) is 0 Å². The number of anilines is 2. The van der Waals surface area contributed by atoms with E-state index in [1.165, 1.54) is 76.1 Å². The van der Waals surface area contributed by atoms with Crippen molar-refractivity contribution in [2.24, 2.45) is 5.92 Å². The van der Waals surface area contributed by atoms with Crippen LogP contribution in [0, 0.1) is 5.92 Å². The number of fused-ring (bicyclic) bond motifs is 9. The van der Waals surface area contributed by atoms with Gasteiger partial charge in [-0.05, 0) is 81.4 Å². The highest BCUT2D eigenvalue weighted by atomic mass is 32.1. The lowest BCUT2D eigenvalue weighted by Gasteiger charge is -2.36. The normalized spacial score (nSPS) is 19.7. The van der Waals surface area contributed by atoms with E-state index in [0.717, 1.165) is 17.0 Å². The van der Waals surface area contributed by atoms with Crippen molar-refractivity contribution in [1.82, 2.24) is 0 Å². The maximum atomic E-state index is 7.14. The summed E-state index contributed by atoms with van der Waals surface area (Å²) in [5, 5.41) is 2.57. The molecule has 0 spiro atoms. The molecular weight excluding hydrogens is 735 g/mol. The van der Waals surface area contributed by atoms with Gasteiger partial charge in [0.25, 0.3) is 0 Å². The third kappa shape index (κ3) is 5.68. The Morgan fingerprint density at radius 3 is 2.07 bits per heavy atom. The van der Waals surface area contributed by atoms with Crippen LogP contribution in [0.4, 0.5) is 11.4 Å². The molecular formula is C56H39NOS. The summed E-state index contributed by atoms with van der Waals surface area (Å²) in [6, 6.07) is 59.9. The number of ether oxygens (including phenoxy) is 1. The monoisotopic (exact) mass is 773 g/mol. The summed E-state index contributed by atoms with van der Waals surface area (Å²) >= 11 is 1.87. The number of rotatable bonds is 6. The summed E-state index contributed by atoms with van der Waals surface area (Å²) in [7, 11) is 0. The number of nitrogens with zero attached hydrogens (tertiary/aromatic N) is 1. The van der Waals surface area contributed by atoms with Crippen LogP contribution in [0.3, 0.4) is 0 Å². The molecule has 2 nitrogen and oxygen atoms in total. The van der Waals surface area contributed by atoms with Gasteiger partial charge in [-0.1, -0.05) is 170 Å². The number of benzene rings is 7. The van der Waals surface area contributed by atoms with E-state index in [9.17, 15) is 0 Å². The van der Waals surface area contributed by atoms with Crippen LogP contribution in [0.5, 0.6) is 5.75 Å². The van der Waals surface area contributed by atoms with Crippen LogP contribution >= 0.6 is 11.3 Å². The molecule has 0 radical (unpaired) electrons. The van der Waals surface area contributed by atoms with E-state index in [1.807, 2.05) is 11.3 Å².